The summed E-state index contributed by atoms with van der Waals surface area (Å²) >= 11 is 1.61. The molecule has 23 heavy (non-hydrogen) atoms. The average molecular weight is 327 g/mol. The summed E-state index contributed by atoms with van der Waals surface area (Å²) in [7, 11) is 0. The molecule has 1 amide bonds. The number of imidazole rings is 1. The molecule has 2 N–H and O–H groups in total. The molecule has 0 spiro atoms. The van der Waals surface area contributed by atoms with E-state index in [1.807, 2.05) is 29.9 Å². The number of nitrogens with one attached hydrogen (secondary N) is 2. The molecule has 1 aliphatic carbocycles. The maximum atomic E-state index is 12.2. The lowest BCUT2D eigenvalue weighted by Crippen LogP contribution is -2.27. The lowest BCUT2D eigenvalue weighted by atomic mass is 10.3. The molecule has 6 nitrogen and oxygen atoms in total. The van der Waals surface area contributed by atoms with E-state index in [1.165, 1.54) is 12.8 Å². The lowest BCUT2D eigenvalue weighted by molar-refractivity contribution is 0.0947. The number of H-pyrrole nitrogens is 1. The Morgan fingerprint density at radius 1 is 1.48 bits per heavy atom. The zero-order chi connectivity index (χ0) is 15.6. The van der Waals surface area contributed by atoms with Gasteiger partial charge in [-0.2, -0.15) is 5.10 Å². The fourth-order valence-electron chi connectivity index (χ4n) is 2.59. The van der Waals surface area contributed by atoms with Gasteiger partial charge in [0, 0.05) is 31.4 Å². The van der Waals surface area contributed by atoms with E-state index in [9.17, 15) is 4.79 Å². The third kappa shape index (κ3) is 3.05. The Morgan fingerprint density at radius 2 is 2.39 bits per heavy atom. The van der Waals surface area contributed by atoms with Gasteiger partial charge in [0.1, 0.15) is 5.82 Å². The number of hydrogen-bond acceptors (Lipinski definition) is 4. The van der Waals surface area contributed by atoms with Crippen molar-refractivity contribution < 1.29 is 4.79 Å². The second kappa shape index (κ2) is 6.00. The summed E-state index contributed by atoms with van der Waals surface area (Å²) < 4.78 is 2.12. The van der Waals surface area contributed by atoms with Crippen molar-refractivity contribution in [3.05, 3.63) is 47.5 Å². The fraction of sp³-hybridized carbons (Fsp3) is 0.312. The van der Waals surface area contributed by atoms with Crippen molar-refractivity contribution in [1.29, 1.82) is 0 Å². The van der Waals surface area contributed by atoms with Crippen molar-refractivity contribution in [2.24, 2.45) is 0 Å². The van der Waals surface area contributed by atoms with Crippen LogP contribution in [0.25, 0.3) is 10.6 Å². The number of aromatic amines is 1. The Kier molecular flexibility index (Phi) is 3.70. The third-order valence-corrected chi connectivity index (χ3v) is 4.83. The number of carbonyl (C=O) groups is 1. The molecule has 0 saturated heterocycles. The van der Waals surface area contributed by atoms with Crippen LogP contribution < -0.4 is 5.32 Å². The highest BCUT2D eigenvalue weighted by Gasteiger charge is 2.27. The standard InChI is InChI=1S/C16H17N5OS/c22-16(13-10-12(19-20-13)14-2-1-9-23-14)18-6-8-21-7-5-17-15(21)11-3-4-11/h1-2,5,7,9-11H,3-4,6,8H2,(H,18,22)(H,19,20). The topological polar surface area (TPSA) is 75.6 Å². The molecule has 7 heteroatoms. The Bertz CT molecular complexity index is 800. The van der Waals surface area contributed by atoms with Crippen LogP contribution in [0.4, 0.5) is 0 Å². The van der Waals surface area contributed by atoms with E-state index in [4.69, 9.17) is 0 Å². The van der Waals surface area contributed by atoms with Gasteiger partial charge in [0.15, 0.2) is 5.69 Å². The summed E-state index contributed by atoms with van der Waals surface area (Å²) in [6.07, 6.45) is 6.25. The lowest BCUT2D eigenvalue weighted by Gasteiger charge is -2.07. The zero-order valence-corrected chi connectivity index (χ0v) is 13.3. The van der Waals surface area contributed by atoms with Crippen LogP contribution in [0.1, 0.15) is 35.1 Å². The van der Waals surface area contributed by atoms with Gasteiger partial charge in [-0.1, -0.05) is 6.07 Å². The van der Waals surface area contributed by atoms with Gasteiger partial charge in [-0.3, -0.25) is 9.89 Å². The molecule has 0 unspecified atom stereocenters. The van der Waals surface area contributed by atoms with Crippen molar-refractivity contribution in [1.82, 2.24) is 25.1 Å². The van der Waals surface area contributed by atoms with Crippen LogP contribution >= 0.6 is 11.3 Å². The van der Waals surface area contributed by atoms with Crippen molar-refractivity contribution >= 4 is 17.2 Å². The predicted octanol–water partition coefficient (Wildman–Crippen LogP) is 2.64. The molecule has 0 bridgehead atoms. The molecule has 3 aromatic heterocycles. The van der Waals surface area contributed by atoms with Crippen LogP contribution in [0.5, 0.6) is 0 Å². The summed E-state index contributed by atoms with van der Waals surface area (Å²) in [5.41, 5.74) is 1.29. The number of amides is 1. The van der Waals surface area contributed by atoms with E-state index < -0.39 is 0 Å². The van der Waals surface area contributed by atoms with Gasteiger partial charge in [-0.05, 0) is 30.4 Å². The van der Waals surface area contributed by atoms with E-state index in [1.54, 1.807) is 17.4 Å². The summed E-state index contributed by atoms with van der Waals surface area (Å²) in [6, 6.07) is 5.76. The van der Waals surface area contributed by atoms with Gasteiger partial charge in [0.05, 0.1) is 10.6 Å². The van der Waals surface area contributed by atoms with Crippen LogP contribution in [0.15, 0.2) is 36.0 Å². The maximum absolute atomic E-state index is 12.2. The molecule has 0 aliphatic heterocycles. The van der Waals surface area contributed by atoms with Gasteiger partial charge < -0.3 is 9.88 Å². The Hall–Kier alpha value is -2.41. The number of rotatable bonds is 6. The first-order chi connectivity index (χ1) is 11.3. The first-order valence-electron chi connectivity index (χ1n) is 7.70. The Morgan fingerprint density at radius 3 is 3.17 bits per heavy atom. The first-order valence-corrected chi connectivity index (χ1v) is 8.58. The van der Waals surface area contributed by atoms with Crippen molar-refractivity contribution in [3.8, 4) is 10.6 Å². The monoisotopic (exact) mass is 327 g/mol. The van der Waals surface area contributed by atoms with Crippen LogP contribution in [0.3, 0.4) is 0 Å². The second-order valence-corrected chi connectivity index (χ2v) is 6.60. The minimum Gasteiger partial charge on any atom is -0.349 e. The largest absolute Gasteiger partial charge is 0.349 e. The molecule has 3 heterocycles. The smallest absolute Gasteiger partial charge is 0.271 e. The fourth-order valence-corrected chi connectivity index (χ4v) is 3.28. The highest BCUT2D eigenvalue weighted by molar-refractivity contribution is 7.13. The first kappa shape index (κ1) is 14.2. The van der Waals surface area contributed by atoms with Gasteiger partial charge in [0.2, 0.25) is 0 Å². The number of nitrogens with zero attached hydrogens (tertiary/aromatic N) is 3. The van der Waals surface area contributed by atoms with Gasteiger partial charge in [0.25, 0.3) is 5.91 Å². The molecular formula is C16H17N5OS. The molecule has 1 aliphatic rings. The molecule has 118 valence electrons. The van der Waals surface area contributed by atoms with Crippen LogP contribution in [0, 0.1) is 0 Å². The van der Waals surface area contributed by atoms with Gasteiger partial charge >= 0.3 is 0 Å². The average Bonchev–Trinajstić information content (AvgIpc) is 3.04. The highest BCUT2D eigenvalue weighted by Crippen LogP contribution is 2.38. The molecule has 1 fully saturated rings. The van der Waals surface area contributed by atoms with Crippen LogP contribution in [0.2, 0.25) is 0 Å². The minimum atomic E-state index is -0.155. The highest BCUT2D eigenvalue weighted by atomic mass is 32.1. The zero-order valence-electron chi connectivity index (χ0n) is 12.5. The molecular weight excluding hydrogens is 310 g/mol. The van der Waals surface area contributed by atoms with Crippen LogP contribution in [-0.4, -0.2) is 32.2 Å². The Balaban J connectivity index is 1.34. The summed E-state index contributed by atoms with van der Waals surface area (Å²) in [6.45, 7) is 1.30. The minimum absolute atomic E-state index is 0.155. The normalized spacial score (nSPS) is 14.1. The number of thiophene rings is 1. The summed E-state index contributed by atoms with van der Waals surface area (Å²) in [5, 5.41) is 11.9. The molecule has 0 atom stereocenters. The van der Waals surface area contributed by atoms with Gasteiger partial charge in [-0.25, -0.2) is 4.98 Å². The van der Waals surface area contributed by atoms with E-state index >= 15 is 0 Å². The molecule has 4 rings (SSSR count). The van der Waals surface area contributed by atoms with E-state index in [-0.39, 0.29) is 5.91 Å². The van der Waals surface area contributed by atoms with Crippen molar-refractivity contribution in [2.75, 3.05) is 6.54 Å². The van der Waals surface area contributed by atoms with E-state index in [0.29, 0.717) is 18.2 Å². The van der Waals surface area contributed by atoms with Crippen molar-refractivity contribution in [3.63, 3.8) is 0 Å². The van der Waals surface area contributed by atoms with Crippen LogP contribution in [-0.2, 0) is 6.54 Å². The Labute approximate surface area is 137 Å². The number of carbonyl (C=O) groups excluding carboxylic acids is 1. The quantitative estimate of drug-likeness (QED) is 0.731. The summed E-state index contributed by atoms with van der Waals surface area (Å²) in [5.74, 6) is 1.59. The molecule has 0 aromatic carbocycles. The third-order valence-electron chi connectivity index (χ3n) is 3.93. The molecule has 1 saturated carbocycles. The van der Waals surface area contributed by atoms with Gasteiger partial charge in [-0.15, -0.1) is 11.3 Å². The van der Waals surface area contributed by atoms with Crippen molar-refractivity contribution in [2.45, 2.75) is 25.3 Å². The maximum Gasteiger partial charge on any atom is 0.271 e. The number of hydrogen-bond donors (Lipinski definition) is 2. The SMILES string of the molecule is O=C(NCCn1ccnc1C1CC1)c1cc(-c2cccs2)[nH]n1. The molecule has 0 radical (unpaired) electrons. The summed E-state index contributed by atoms with van der Waals surface area (Å²) in [4.78, 5) is 17.6. The second-order valence-electron chi connectivity index (χ2n) is 5.65. The van der Waals surface area contributed by atoms with E-state index in [0.717, 1.165) is 22.9 Å². The number of aromatic nitrogens is 4. The molecule has 3 aromatic rings. The predicted molar refractivity (Wildman–Crippen MR) is 88.4 cm³/mol. The van der Waals surface area contributed by atoms with E-state index in [2.05, 4.69) is 25.1 Å².